The van der Waals surface area contributed by atoms with Crippen LogP contribution < -0.4 is 11.5 Å². The summed E-state index contributed by atoms with van der Waals surface area (Å²) in [6.45, 7) is 6.31. The molecule has 0 atom stereocenters. The fraction of sp³-hybridized carbons (Fsp3) is 0.667. The molecular formula is C15H26N2O3. The smallest absolute Gasteiger partial charge is 0.217 e. The highest BCUT2D eigenvalue weighted by Gasteiger charge is 2.25. The van der Waals surface area contributed by atoms with Crippen molar-refractivity contribution in [2.75, 3.05) is 0 Å². The molecule has 20 heavy (non-hydrogen) atoms. The number of hydrogen-bond acceptors (Lipinski definition) is 3. The average Bonchev–Trinajstić information content (AvgIpc) is 2.21. The number of hydrogen-bond donors (Lipinski definition) is 2. The number of amides is 2. The molecule has 2 amide bonds. The van der Waals surface area contributed by atoms with Crippen molar-refractivity contribution in [2.45, 2.75) is 59.3 Å². The monoisotopic (exact) mass is 282 g/mol. The fourth-order valence-electron chi connectivity index (χ4n) is 2.26. The van der Waals surface area contributed by atoms with Gasteiger partial charge in [-0.3, -0.25) is 14.4 Å². The van der Waals surface area contributed by atoms with Crippen LogP contribution in [0.1, 0.15) is 59.3 Å². The lowest BCUT2D eigenvalue weighted by Crippen LogP contribution is -2.20. The molecule has 0 spiro atoms. The Kier molecular flexibility index (Phi) is 7.80. The quantitative estimate of drug-likeness (QED) is 0.752. The number of carbonyl (C=O) groups is 3. The molecule has 4 N–H and O–H groups in total. The largest absolute Gasteiger partial charge is 0.370 e. The zero-order valence-electron chi connectivity index (χ0n) is 12.7. The molecular weight excluding hydrogens is 256 g/mol. The third-order valence-corrected chi connectivity index (χ3v) is 2.91. The summed E-state index contributed by atoms with van der Waals surface area (Å²) < 4.78 is 0. The summed E-state index contributed by atoms with van der Waals surface area (Å²) in [7, 11) is 0. The molecule has 1 aliphatic rings. The predicted molar refractivity (Wildman–Crippen MR) is 78.6 cm³/mol. The van der Waals surface area contributed by atoms with Crippen molar-refractivity contribution < 1.29 is 14.4 Å². The maximum absolute atomic E-state index is 11.0. The average molecular weight is 282 g/mol. The number of unbranched alkanes of at least 4 members (excludes halogenated alkanes) is 1. The van der Waals surface area contributed by atoms with Gasteiger partial charge >= 0.3 is 0 Å². The Morgan fingerprint density at radius 2 is 1.55 bits per heavy atom. The first-order valence-corrected chi connectivity index (χ1v) is 6.89. The molecule has 0 aromatic heterocycles. The third kappa shape index (κ3) is 10.3. The Bertz CT molecular complexity index is 382. The van der Waals surface area contributed by atoms with Crippen molar-refractivity contribution in [3.63, 3.8) is 0 Å². The van der Waals surface area contributed by atoms with Gasteiger partial charge in [0.15, 0.2) is 5.78 Å². The number of carbonyl (C=O) groups excluding carboxylic acids is 3. The molecule has 0 bridgehead atoms. The summed E-state index contributed by atoms with van der Waals surface area (Å²) in [6.07, 6.45) is 5.53. The Morgan fingerprint density at radius 1 is 1.10 bits per heavy atom. The minimum absolute atomic E-state index is 0.204. The zero-order valence-corrected chi connectivity index (χ0v) is 12.7. The van der Waals surface area contributed by atoms with Crippen LogP contribution >= 0.6 is 0 Å². The minimum atomic E-state index is -0.329. The topological polar surface area (TPSA) is 103 Å². The van der Waals surface area contributed by atoms with Gasteiger partial charge in [-0.2, -0.15) is 0 Å². The van der Waals surface area contributed by atoms with Gasteiger partial charge in [0.1, 0.15) is 0 Å². The molecule has 1 aliphatic carbocycles. The van der Waals surface area contributed by atoms with Crippen molar-refractivity contribution in [2.24, 2.45) is 16.9 Å². The van der Waals surface area contributed by atoms with Gasteiger partial charge in [0.2, 0.25) is 11.8 Å². The fourth-order valence-corrected chi connectivity index (χ4v) is 2.26. The van der Waals surface area contributed by atoms with E-state index in [2.05, 4.69) is 13.8 Å². The van der Waals surface area contributed by atoms with Gasteiger partial charge in [0.25, 0.3) is 0 Å². The van der Waals surface area contributed by atoms with E-state index in [4.69, 9.17) is 11.5 Å². The van der Waals surface area contributed by atoms with Crippen LogP contribution in [0, 0.1) is 5.41 Å². The summed E-state index contributed by atoms with van der Waals surface area (Å²) in [5, 5.41) is 0. The van der Waals surface area contributed by atoms with Gasteiger partial charge in [-0.1, -0.05) is 19.4 Å². The molecule has 5 nitrogen and oxygen atoms in total. The van der Waals surface area contributed by atoms with E-state index in [1.165, 1.54) is 5.57 Å². The normalized spacial score (nSPS) is 16.8. The van der Waals surface area contributed by atoms with Gasteiger partial charge in [0.05, 0.1) is 0 Å². The van der Waals surface area contributed by atoms with Crippen LogP contribution in [-0.4, -0.2) is 17.6 Å². The second-order valence-electron chi connectivity index (χ2n) is 6.11. The van der Waals surface area contributed by atoms with E-state index in [0.717, 1.165) is 6.42 Å². The molecule has 0 saturated heterocycles. The van der Waals surface area contributed by atoms with E-state index < -0.39 is 0 Å². The lowest BCUT2D eigenvalue weighted by molar-refractivity contribution is -0.119. The highest BCUT2D eigenvalue weighted by Crippen LogP contribution is 2.32. The highest BCUT2D eigenvalue weighted by molar-refractivity contribution is 5.91. The molecule has 114 valence electrons. The molecule has 5 heteroatoms. The van der Waals surface area contributed by atoms with Crippen LogP contribution in [0.15, 0.2) is 11.6 Å². The first kappa shape index (κ1) is 18.4. The molecule has 1 rings (SSSR count). The first-order chi connectivity index (χ1) is 9.12. The molecule has 0 aromatic rings. The maximum atomic E-state index is 11.0. The summed E-state index contributed by atoms with van der Waals surface area (Å²) in [5.74, 6) is -0.373. The summed E-state index contributed by atoms with van der Waals surface area (Å²) in [6, 6.07) is 0. The van der Waals surface area contributed by atoms with Crippen molar-refractivity contribution in [3.05, 3.63) is 11.6 Å². The van der Waals surface area contributed by atoms with Gasteiger partial charge < -0.3 is 11.5 Å². The Balaban J connectivity index is 0.000000361. The van der Waals surface area contributed by atoms with E-state index in [1.807, 2.05) is 6.92 Å². The van der Waals surface area contributed by atoms with E-state index in [9.17, 15) is 14.4 Å². The minimum Gasteiger partial charge on any atom is -0.370 e. The molecule has 0 heterocycles. The zero-order chi connectivity index (χ0) is 15.8. The van der Waals surface area contributed by atoms with E-state index >= 15 is 0 Å². The highest BCUT2D eigenvalue weighted by atomic mass is 16.1. The lowest BCUT2D eigenvalue weighted by atomic mass is 9.77. The Morgan fingerprint density at radius 3 is 1.85 bits per heavy atom. The summed E-state index contributed by atoms with van der Waals surface area (Å²) in [4.78, 5) is 31.3. The van der Waals surface area contributed by atoms with Crippen LogP contribution in [0.4, 0.5) is 0 Å². The van der Waals surface area contributed by atoms with E-state index in [0.29, 0.717) is 32.1 Å². The van der Waals surface area contributed by atoms with Crippen LogP contribution in [0.5, 0.6) is 0 Å². The van der Waals surface area contributed by atoms with Gasteiger partial charge in [-0.15, -0.1) is 0 Å². The molecule has 0 radical (unpaired) electrons. The second-order valence-corrected chi connectivity index (χ2v) is 6.11. The first-order valence-electron chi connectivity index (χ1n) is 6.89. The number of ketones is 1. The third-order valence-electron chi connectivity index (χ3n) is 2.91. The van der Waals surface area contributed by atoms with E-state index in [1.54, 1.807) is 6.08 Å². The van der Waals surface area contributed by atoms with Crippen molar-refractivity contribution in [1.82, 2.24) is 0 Å². The molecule has 0 unspecified atom stereocenters. The lowest BCUT2D eigenvalue weighted by Gasteiger charge is -2.27. The molecule has 0 aliphatic heterocycles. The predicted octanol–water partition coefficient (Wildman–Crippen LogP) is 1.84. The molecule has 0 aromatic carbocycles. The summed E-state index contributed by atoms with van der Waals surface area (Å²) in [5.41, 5.74) is 11.1. The second kappa shape index (κ2) is 8.51. The number of rotatable bonds is 5. The van der Waals surface area contributed by atoms with Crippen molar-refractivity contribution >= 4 is 17.6 Å². The van der Waals surface area contributed by atoms with Crippen LogP contribution in [0.25, 0.3) is 0 Å². The number of primary amides is 2. The number of allylic oxidation sites excluding steroid dienone is 2. The van der Waals surface area contributed by atoms with Gasteiger partial charge in [-0.25, -0.2) is 0 Å². The standard InChI is InChI=1S/C9H14O.C6H12N2O2/c1-7-4-8(10)6-9(2,3)5-7;7-5(9)3-1-2-4-6(8)10/h4H,5-6H2,1-3H3;1-4H2,(H2,7,9)(H2,8,10). The summed E-state index contributed by atoms with van der Waals surface area (Å²) >= 11 is 0. The van der Waals surface area contributed by atoms with Crippen molar-refractivity contribution in [1.29, 1.82) is 0 Å². The maximum Gasteiger partial charge on any atom is 0.217 e. The van der Waals surface area contributed by atoms with E-state index in [-0.39, 0.29) is 23.0 Å². The van der Waals surface area contributed by atoms with Crippen LogP contribution in [0.2, 0.25) is 0 Å². The van der Waals surface area contributed by atoms with Gasteiger partial charge in [0, 0.05) is 19.3 Å². The van der Waals surface area contributed by atoms with Crippen molar-refractivity contribution in [3.8, 4) is 0 Å². The van der Waals surface area contributed by atoms with Crippen LogP contribution in [-0.2, 0) is 14.4 Å². The Labute approximate surface area is 120 Å². The van der Waals surface area contributed by atoms with Gasteiger partial charge in [-0.05, 0) is 37.7 Å². The number of nitrogens with two attached hydrogens (primary N) is 2. The van der Waals surface area contributed by atoms with Crippen LogP contribution in [0.3, 0.4) is 0 Å². The Hall–Kier alpha value is -1.65. The SMILES string of the molecule is CC1=CC(=O)CC(C)(C)C1.NC(=O)CCCCC(N)=O. The molecule has 0 fully saturated rings. The molecule has 0 saturated carbocycles.